The van der Waals surface area contributed by atoms with Crippen molar-refractivity contribution in [3.8, 4) is 11.5 Å². The highest BCUT2D eigenvalue weighted by atomic mass is 19.4. The third kappa shape index (κ3) is 8.29. The number of rotatable bonds is 2. The number of ether oxygens (including phenoxy) is 1. The maximum absolute atomic E-state index is 13.7. The van der Waals surface area contributed by atoms with Gasteiger partial charge in [0.2, 0.25) is 0 Å². The molecule has 0 unspecified atom stereocenters. The number of allylic oxidation sites excluding steroid dienone is 2. The van der Waals surface area contributed by atoms with Crippen LogP contribution in [0.4, 0.5) is 23.2 Å². The molecule has 0 aliphatic rings. The van der Waals surface area contributed by atoms with E-state index in [1.807, 2.05) is 18.2 Å². The molecule has 5 nitrogen and oxygen atoms in total. The van der Waals surface area contributed by atoms with E-state index in [1.165, 1.54) is 19.1 Å². The Morgan fingerprint density at radius 2 is 1.79 bits per heavy atom. The molecule has 0 amide bonds. The number of hydrogen-bond acceptors (Lipinski definition) is 4. The summed E-state index contributed by atoms with van der Waals surface area (Å²) in [5.41, 5.74) is 10.3. The van der Waals surface area contributed by atoms with E-state index < -0.39 is 12.0 Å². The lowest BCUT2D eigenvalue weighted by Crippen LogP contribution is -1.99. The Bertz CT molecular complexity index is 953. The van der Waals surface area contributed by atoms with Crippen LogP contribution < -0.4 is 16.2 Å². The molecular formula is C20H20F4N4O. The van der Waals surface area contributed by atoms with Gasteiger partial charge in [0.05, 0.1) is 6.34 Å². The zero-order valence-corrected chi connectivity index (χ0v) is 15.5. The highest BCUT2D eigenvalue weighted by Gasteiger charge is 2.20. The molecule has 9 heteroatoms. The zero-order valence-electron chi connectivity index (χ0n) is 15.5. The molecule has 0 spiro atoms. The summed E-state index contributed by atoms with van der Waals surface area (Å²) in [6, 6.07) is 11.7. The first-order valence-corrected chi connectivity index (χ1v) is 8.18. The van der Waals surface area contributed by atoms with Gasteiger partial charge in [-0.3, -0.25) is 10.4 Å². The molecule has 0 aliphatic heterocycles. The third-order valence-electron chi connectivity index (χ3n) is 3.17. The molecule has 0 saturated heterocycles. The van der Waals surface area contributed by atoms with Crippen molar-refractivity contribution in [3.63, 3.8) is 0 Å². The molecule has 29 heavy (non-hydrogen) atoms. The minimum Gasteiger partial charge on any atom is -0.454 e. The van der Waals surface area contributed by atoms with Crippen molar-refractivity contribution in [2.75, 3.05) is 5.73 Å². The predicted molar refractivity (Wildman–Crippen MR) is 106 cm³/mol. The first-order valence-electron chi connectivity index (χ1n) is 8.18. The number of anilines is 1. The van der Waals surface area contributed by atoms with Crippen molar-refractivity contribution in [2.45, 2.75) is 13.1 Å². The molecule has 5 N–H and O–H groups in total. The maximum atomic E-state index is 13.7. The average Bonchev–Trinajstić information content (AvgIpc) is 2.64. The zero-order chi connectivity index (χ0) is 21.9. The minimum atomic E-state index is -4.13. The molecule has 0 fully saturated rings. The first kappa shape index (κ1) is 23.4. The van der Waals surface area contributed by atoms with Gasteiger partial charge < -0.3 is 16.2 Å². The van der Waals surface area contributed by atoms with Gasteiger partial charge in [-0.25, -0.2) is 4.39 Å². The first-order chi connectivity index (χ1) is 13.7. The summed E-state index contributed by atoms with van der Waals surface area (Å²) in [6.45, 7) is 1.33. The second-order valence-corrected chi connectivity index (χ2v) is 5.35. The van der Waals surface area contributed by atoms with E-state index in [0.717, 1.165) is 23.2 Å². The van der Waals surface area contributed by atoms with Crippen LogP contribution in [0.1, 0.15) is 6.92 Å². The van der Waals surface area contributed by atoms with Crippen LogP contribution in [0, 0.1) is 11.2 Å². The quantitative estimate of drug-likeness (QED) is 0.173. The van der Waals surface area contributed by atoms with E-state index in [2.05, 4.69) is 10.7 Å². The van der Waals surface area contributed by atoms with Gasteiger partial charge >= 0.3 is 6.18 Å². The Labute approximate surface area is 165 Å². The van der Waals surface area contributed by atoms with Gasteiger partial charge in [-0.15, -0.1) is 0 Å². The molecule has 3 rings (SSSR count). The molecule has 0 bridgehead atoms. The molecule has 0 radical (unpaired) electrons. The summed E-state index contributed by atoms with van der Waals surface area (Å²) < 4.78 is 52.2. The number of alkyl halides is 3. The second kappa shape index (κ2) is 11.3. The van der Waals surface area contributed by atoms with Crippen LogP contribution in [-0.2, 0) is 0 Å². The number of pyridine rings is 1. The molecule has 3 aromatic rings. The van der Waals surface area contributed by atoms with E-state index >= 15 is 0 Å². The fourth-order valence-corrected chi connectivity index (χ4v) is 2.09. The highest BCUT2D eigenvalue weighted by molar-refractivity contribution is 5.87. The van der Waals surface area contributed by atoms with Crippen LogP contribution in [0.15, 0.2) is 67.0 Å². The van der Waals surface area contributed by atoms with Gasteiger partial charge in [-0.05, 0) is 31.2 Å². The largest absolute Gasteiger partial charge is 0.454 e. The van der Waals surface area contributed by atoms with Crippen LogP contribution in [0.2, 0.25) is 0 Å². The van der Waals surface area contributed by atoms with E-state index in [9.17, 15) is 17.6 Å². The van der Waals surface area contributed by atoms with Gasteiger partial charge in [-0.1, -0.05) is 18.2 Å². The smallest absolute Gasteiger partial charge is 0.409 e. The molecule has 1 aromatic heterocycles. The topological polar surface area (TPSA) is 98.0 Å². The SMILES string of the molecule is C/C=C/C(F)(F)F.N=CN.Nc1ccc(Oc2cccc3cnccc23)c(F)c1. The number of nitrogens with one attached hydrogen (secondary N) is 1. The Balaban J connectivity index is 0.000000355. The molecule has 0 aliphatic carbocycles. The summed E-state index contributed by atoms with van der Waals surface area (Å²) in [4.78, 5) is 4.04. The fourth-order valence-electron chi connectivity index (χ4n) is 2.09. The Hall–Kier alpha value is -3.62. The third-order valence-corrected chi connectivity index (χ3v) is 3.17. The van der Waals surface area contributed by atoms with Crippen molar-refractivity contribution in [3.05, 3.63) is 72.8 Å². The fraction of sp³-hybridized carbons (Fsp3) is 0.100. The Kier molecular flexibility index (Phi) is 9.11. The van der Waals surface area contributed by atoms with Gasteiger partial charge in [0.1, 0.15) is 5.75 Å². The maximum Gasteiger partial charge on any atom is 0.409 e. The van der Waals surface area contributed by atoms with Crippen molar-refractivity contribution >= 4 is 22.8 Å². The lowest BCUT2D eigenvalue weighted by Gasteiger charge is -2.09. The van der Waals surface area contributed by atoms with Gasteiger partial charge in [-0.2, -0.15) is 13.2 Å². The summed E-state index contributed by atoms with van der Waals surface area (Å²) in [6.07, 6.45) is 1.18. The Morgan fingerprint density at radius 3 is 2.34 bits per heavy atom. The van der Waals surface area contributed by atoms with Gasteiger partial charge in [0.25, 0.3) is 0 Å². The molecular weight excluding hydrogens is 388 g/mol. The second-order valence-electron chi connectivity index (χ2n) is 5.35. The monoisotopic (exact) mass is 408 g/mol. The standard InChI is InChI=1S/C15H11FN2O.C4H5F3.CH4N2/c16-13-8-11(17)4-5-15(13)19-14-3-1-2-10-9-18-7-6-12(10)14;1-2-3-4(5,6)7;2-1-3/h1-9H,17H2;2-3H,1H3;1H,(H3,2,3)/b;3-2+;. The van der Waals surface area contributed by atoms with Gasteiger partial charge in [0.15, 0.2) is 11.6 Å². The molecule has 154 valence electrons. The van der Waals surface area contributed by atoms with Crippen LogP contribution in [-0.4, -0.2) is 17.5 Å². The van der Waals surface area contributed by atoms with Crippen molar-refractivity contribution in [1.29, 1.82) is 5.41 Å². The van der Waals surface area contributed by atoms with Gasteiger partial charge in [0, 0.05) is 41.0 Å². The number of hydrogen-bond donors (Lipinski definition) is 3. The number of nitrogen functional groups attached to an aromatic ring is 1. The lowest BCUT2D eigenvalue weighted by molar-refractivity contribution is -0.0799. The normalized spacial score (nSPS) is 10.5. The summed E-state index contributed by atoms with van der Waals surface area (Å²) in [5.74, 6) is 0.258. The molecule has 2 aromatic carbocycles. The average molecular weight is 408 g/mol. The number of benzene rings is 2. The molecule has 1 heterocycles. The van der Waals surface area contributed by atoms with E-state index in [-0.39, 0.29) is 11.8 Å². The number of fused-ring (bicyclic) bond motifs is 1. The Morgan fingerprint density at radius 1 is 1.10 bits per heavy atom. The number of halogens is 4. The van der Waals surface area contributed by atoms with Crippen LogP contribution in [0.25, 0.3) is 10.8 Å². The lowest BCUT2D eigenvalue weighted by atomic mass is 10.1. The van der Waals surface area contributed by atoms with Crippen LogP contribution >= 0.6 is 0 Å². The predicted octanol–water partition coefficient (Wildman–Crippen LogP) is 5.43. The van der Waals surface area contributed by atoms with Crippen molar-refractivity contribution < 1.29 is 22.3 Å². The minimum absolute atomic E-state index is 0.151. The summed E-state index contributed by atoms with van der Waals surface area (Å²) in [5, 5.41) is 7.68. The van der Waals surface area contributed by atoms with Crippen molar-refractivity contribution in [1.82, 2.24) is 4.98 Å². The number of nitrogens with zero attached hydrogens (tertiary/aromatic N) is 1. The summed E-state index contributed by atoms with van der Waals surface area (Å²) in [7, 11) is 0. The van der Waals surface area contributed by atoms with E-state index in [0.29, 0.717) is 11.4 Å². The molecule has 0 atom stereocenters. The van der Waals surface area contributed by atoms with Crippen LogP contribution in [0.3, 0.4) is 0 Å². The summed E-state index contributed by atoms with van der Waals surface area (Å²) >= 11 is 0. The number of nitrogens with two attached hydrogens (primary N) is 2. The van der Waals surface area contributed by atoms with E-state index in [1.54, 1.807) is 24.5 Å². The van der Waals surface area contributed by atoms with Crippen molar-refractivity contribution in [2.24, 2.45) is 5.73 Å². The van der Waals surface area contributed by atoms with E-state index in [4.69, 9.17) is 15.9 Å². The number of aromatic nitrogens is 1. The van der Waals surface area contributed by atoms with Crippen LogP contribution in [0.5, 0.6) is 11.5 Å². The molecule has 0 saturated carbocycles. The highest BCUT2D eigenvalue weighted by Crippen LogP contribution is 2.31.